The highest BCUT2D eigenvalue weighted by Crippen LogP contribution is 2.18. The number of amides is 1. The van der Waals surface area contributed by atoms with Crippen LogP contribution in [0, 0.1) is 0 Å². The quantitative estimate of drug-likeness (QED) is 0.561. The van der Waals surface area contributed by atoms with Crippen LogP contribution >= 0.6 is 0 Å². The Morgan fingerprint density at radius 2 is 1.56 bits per heavy atom. The van der Waals surface area contributed by atoms with Gasteiger partial charge in [0.1, 0.15) is 24.7 Å². The first-order chi connectivity index (χ1) is 13.3. The highest BCUT2D eigenvalue weighted by Gasteiger charge is 2.14. The maximum atomic E-state index is 12.5. The van der Waals surface area contributed by atoms with Crippen molar-refractivity contribution in [1.29, 1.82) is 0 Å². The Hall–Kier alpha value is -3.60. The first kappa shape index (κ1) is 16.8. The van der Waals surface area contributed by atoms with E-state index >= 15 is 0 Å². The number of rotatable bonds is 6. The van der Waals surface area contributed by atoms with Crippen molar-refractivity contribution in [2.24, 2.45) is 0 Å². The molecule has 3 aromatic carbocycles. The first-order valence-electron chi connectivity index (χ1n) is 8.76. The molecule has 1 amide bonds. The molecule has 0 unspecified atom stereocenters. The molecule has 4 rings (SSSR count). The summed E-state index contributed by atoms with van der Waals surface area (Å²) in [6.45, 7) is 0.459. The SMILES string of the molecule is O=C(Cn1c(COc2ccccc2)nc2ccccc21)Nc1ccccc1. The van der Waals surface area contributed by atoms with Crippen molar-refractivity contribution in [3.63, 3.8) is 0 Å². The van der Waals surface area contributed by atoms with Crippen LogP contribution in [0.5, 0.6) is 5.75 Å². The number of carbonyl (C=O) groups is 1. The van der Waals surface area contributed by atoms with Gasteiger partial charge < -0.3 is 14.6 Å². The maximum Gasteiger partial charge on any atom is 0.244 e. The van der Waals surface area contributed by atoms with Gasteiger partial charge in [-0.3, -0.25) is 4.79 Å². The van der Waals surface area contributed by atoms with Gasteiger partial charge in [-0.25, -0.2) is 4.98 Å². The Bertz CT molecular complexity index is 1040. The number of para-hydroxylation sites is 4. The van der Waals surface area contributed by atoms with Gasteiger partial charge >= 0.3 is 0 Å². The molecule has 0 fully saturated rings. The van der Waals surface area contributed by atoms with Crippen molar-refractivity contribution in [1.82, 2.24) is 9.55 Å². The van der Waals surface area contributed by atoms with E-state index in [2.05, 4.69) is 10.3 Å². The van der Waals surface area contributed by atoms with E-state index in [1.807, 2.05) is 89.5 Å². The average molecular weight is 357 g/mol. The standard InChI is InChI=1S/C22H19N3O2/c26-22(23-17-9-3-1-4-10-17)15-25-20-14-8-7-13-19(20)24-21(25)16-27-18-11-5-2-6-12-18/h1-14H,15-16H2,(H,23,26). The van der Waals surface area contributed by atoms with Crippen LogP contribution < -0.4 is 10.1 Å². The molecule has 27 heavy (non-hydrogen) atoms. The lowest BCUT2D eigenvalue weighted by Crippen LogP contribution is -2.20. The molecule has 5 heteroatoms. The zero-order valence-corrected chi connectivity index (χ0v) is 14.7. The van der Waals surface area contributed by atoms with Gasteiger partial charge in [0, 0.05) is 5.69 Å². The fourth-order valence-corrected chi connectivity index (χ4v) is 2.94. The second kappa shape index (κ2) is 7.74. The summed E-state index contributed by atoms with van der Waals surface area (Å²) >= 11 is 0. The third kappa shape index (κ3) is 3.98. The van der Waals surface area contributed by atoms with Gasteiger partial charge in [0.05, 0.1) is 11.0 Å². The number of aromatic nitrogens is 2. The summed E-state index contributed by atoms with van der Waals surface area (Å²) in [6, 6.07) is 26.8. The van der Waals surface area contributed by atoms with Gasteiger partial charge in [0.25, 0.3) is 0 Å². The van der Waals surface area contributed by atoms with Crippen molar-refractivity contribution in [2.45, 2.75) is 13.2 Å². The van der Waals surface area contributed by atoms with Gasteiger partial charge in [-0.1, -0.05) is 48.5 Å². The highest BCUT2D eigenvalue weighted by molar-refractivity contribution is 5.91. The number of anilines is 1. The van der Waals surface area contributed by atoms with Crippen LogP contribution in [0.15, 0.2) is 84.9 Å². The maximum absolute atomic E-state index is 12.5. The first-order valence-corrected chi connectivity index (χ1v) is 8.76. The van der Waals surface area contributed by atoms with E-state index in [1.54, 1.807) is 0 Å². The van der Waals surface area contributed by atoms with Gasteiger partial charge in [-0.15, -0.1) is 0 Å². The Morgan fingerprint density at radius 3 is 2.33 bits per heavy atom. The van der Waals surface area contributed by atoms with Crippen LogP contribution in [-0.4, -0.2) is 15.5 Å². The Kier molecular flexibility index (Phi) is 4.83. The van der Waals surface area contributed by atoms with Gasteiger partial charge in [0.2, 0.25) is 5.91 Å². The number of hydrogen-bond donors (Lipinski definition) is 1. The minimum atomic E-state index is -0.106. The van der Waals surface area contributed by atoms with Crippen molar-refractivity contribution in [3.05, 3.63) is 90.8 Å². The largest absolute Gasteiger partial charge is 0.486 e. The van der Waals surface area contributed by atoms with Gasteiger partial charge in [-0.05, 0) is 36.4 Å². The van der Waals surface area contributed by atoms with Crippen molar-refractivity contribution < 1.29 is 9.53 Å². The molecule has 0 spiro atoms. The van der Waals surface area contributed by atoms with Gasteiger partial charge in [-0.2, -0.15) is 0 Å². The Labute approximate surface area is 157 Å². The van der Waals surface area contributed by atoms with Crippen molar-refractivity contribution >= 4 is 22.6 Å². The molecule has 1 aromatic heterocycles. The normalized spacial score (nSPS) is 10.7. The molecule has 0 saturated heterocycles. The molecule has 4 aromatic rings. The number of imidazole rings is 1. The zero-order chi connectivity index (χ0) is 18.5. The molecular formula is C22H19N3O2. The van der Waals surface area contributed by atoms with Crippen LogP contribution in [0.25, 0.3) is 11.0 Å². The lowest BCUT2D eigenvalue weighted by molar-refractivity contribution is -0.116. The van der Waals surface area contributed by atoms with E-state index in [9.17, 15) is 4.79 Å². The smallest absolute Gasteiger partial charge is 0.244 e. The summed E-state index contributed by atoms with van der Waals surface area (Å²) in [4.78, 5) is 17.2. The minimum absolute atomic E-state index is 0.106. The van der Waals surface area contributed by atoms with E-state index in [4.69, 9.17) is 4.74 Å². The lowest BCUT2D eigenvalue weighted by atomic mass is 10.3. The minimum Gasteiger partial charge on any atom is -0.486 e. The summed E-state index contributed by atoms with van der Waals surface area (Å²) in [5.41, 5.74) is 2.53. The Morgan fingerprint density at radius 1 is 0.889 bits per heavy atom. The topological polar surface area (TPSA) is 56.2 Å². The number of carbonyl (C=O) groups excluding carboxylic acids is 1. The number of hydrogen-bond acceptors (Lipinski definition) is 3. The fraction of sp³-hybridized carbons (Fsp3) is 0.0909. The number of nitrogens with zero attached hydrogens (tertiary/aromatic N) is 2. The number of fused-ring (bicyclic) bond motifs is 1. The molecule has 0 aliphatic carbocycles. The predicted molar refractivity (Wildman–Crippen MR) is 106 cm³/mol. The molecule has 0 saturated carbocycles. The highest BCUT2D eigenvalue weighted by atomic mass is 16.5. The summed E-state index contributed by atoms with van der Waals surface area (Å²) in [7, 11) is 0. The molecule has 0 radical (unpaired) electrons. The molecule has 134 valence electrons. The van der Waals surface area contributed by atoms with E-state index in [1.165, 1.54) is 0 Å². The van der Waals surface area contributed by atoms with E-state index in [0.717, 1.165) is 22.5 Å². The van der Waals surface area contributed by atoms with E-state index in [0.29, 0.717) is 5.82 Å². The predicted octanol–water partition coefficient (Wildman–Crippen LogP) is 4.25. The third-order valence-electron chi connectivity index (χ3n) is 4.20. The second-order valence-electron chi connectivity index (χ2n) is 6.12. The van der Waals surface area contributed by atoms with Crippen molar-refractivity contribution in [2.75, 3.05) is 5.32 Å². The molecule has 0 aliphatic heterocycles. The molecule has 0 atom stereocenters. The number of ether oxygens (including phenoxy) is 1. The zero-order valence-electron chi connectivity index (χ0n) is 14.7. The molecule has 0 bridgehead atoms. The van der Waals surface area contributed by atoms with Gasteiger partial charge in [0.15, 0.2) is 0 Å². The second-order valence-corrected chi connectivity index (χ2v) is 6.12. The van der Waals surface area contributed by atoms with Crippen LogP contribution in [0.2, 0.25) is 0 Å². The summed E-state index contributed by atoms with van der Waals surface area (Å²) < 4.78 is 7.75. The number of benzene rings is 3. The molecule has 1 N–H and O–H groups in total. The lowest BCUT2D eigenvalue weighted by Gasteiger charge is -2.11. The van der Waals surface area contributed by atoms with Crippen LogP contribution in [0.4, 0.5) is 5.69 Å². The van der Waals surface area contributed by atoms with E-state index in [-0.39, 0.29) is 19.1 Å². The van der Waals surface area contributed by atoms with Crippen LogP contribution in [0.3, 0.4) is 0 Å². The van der Waals surface area contributed by atoms with E-state index < -0.39 is 0 Å². The molecule has 1 heterocycles. The summed E-state index contributed by atoms with van der Waals surface area (Å²) in [6.07, 6.45) is 0. The van der Waals surface area contributed by atoms with Crippen LogP contribution in [0.1, 0.15) is 5.82 Å². The van der Waals surface area contributed by atoms with Crippen LogP contribution in [-0.2, 0) is 17.9 Å². The van der Waals surface area contributed by atoms with Crippen molar-refractivity contribution in [3.8, 4) is 5.75 Å². The molecular weight excluding hydrogens is 338 g/mol. The third-order valence-corrected chi connectivity index (χ3v) is 4.20. The fourth-order valence-electron chi connectivity index (χ4n) is 2.94. The number of nitrogens with one attached hydrogen (secondary N) is 1. The molecule has 0 aliphatic rings. The summed E-state index contributed by atoms with van der Waals surface area (Å²) in [5, 5.41) is 2.92. The summed E-state index contributed by atoms with van der Waals surface area (Å²) in [5.74, 6) is 1.37. The molecule has 5 nitrogen and oxygen atoms in total. The average Bonchev–Trinajstić information content (AvgIpc) is 3.05. The monoisotopic (exact) mass is 357 g/mol. The Balaban J connectivity index is 1.57.